The molecule has 0 saturated heterocycles. The average Bonchev–Trinajstić information content (AvgIpc) is 3.74. The van der Waals surface area contributed by atoms with Gasteiger partial charge in [-0.2, -0.15) is 21.0 Å². The molecule has 9 rings (SSSR count). The number of amides is 2. The number of imide groups is 1. The van der Waals surface area contributed by atoms with E-state index in [4.69, 9.17) is 0 Å². The van der Waals surface area contributed by atoms with E-state index in [-0.39, 0.29) is 11.1 Å². The SMILES string of the molecule is N#Cc1ccc(-c2cccc3c4cccc(-c5ccc(C#N)cc5C#N)c4n(-c4cccc5c4C(=O)N(c4ccc(-c6ccccc6)cc4)C5=O)c23)c(C#N)c1. The molecule has 8 aromatic rings. The van der Waals surface area contributed by atoms with Crippen molar-refractivity contribution in [3.63, 3.8) is 0 Å². The number of para-hydroxylation sites is 2. The van der Waals surface area contributed by atoms with Gasteiger partial charge in [-0.3, -0.25) is 9.59 Å². The number of nitriles is 4. The van der Waals surface area contributed by atoms with Gasteiger partial charge >= 0.3 is 0 Å². The molecule has 0 atom stereocenters. The van der Waals surface area contributed by atoms with Gasteiger partial charge in [0.05, 0.1) is 80.1 Å². The highest BCUT2D eigenvalue weighted by molar-refractivity contribution is 6.36. The van der Waals surface area contributed by atoms with E-state index >= 15 is 0 Å². The van der Waals surface area contributed by atoms with Gasteiger partial charge in [0, 0.05) is 33.0 Å². The summed E-state index contributed by atoms with van der Waals surface area (Å²) < 4.78 is 1.94. The molecular weight excluding hydrogens is 693 g/mol. The van der Waals surface area contributed by atoms with E-state index in [1.165, 1.54) is 4.90 Å². The van der Waals surface area contributed by atoms with Crippen molar-refractivity contribution < 1.29 is 9.59 Å². The van der Waals surface area contributed by atoms with Crippen LogP contribution in [0, 0.1) is 45.3 Å². The van der Waals surface area contributed by atoms with E-state index < -0.39 is 11.8 Å². The van der Waals surface area contributed by atoms with E-state index in [0.717, 1.165) is 21.9 Å². The fourth-order valence-corrected chi connectivity index (χ4v) is 7.80. The lowest BCUT2D eigenvalue weighted by molar-refractivity contribution is 0.0926. The number of carbonyl (C=O) groups excluding carboxylic acids is 2. The number of benzene rings is 7. The maximum absolute atomic E-state index is 14.7. The number of aromatic nitrogens is 1. The zero-order valence-electron chi connectivity index (χ0n) is 29.4. The van der Waals surface area contributed by atoms with Gasteiger partial charge in [-0.15, -0.1) is 0 Å². The van der Waals surface area contributed by atoms with Crippen LogP contribution < -0.4 is 4.90 Å². The van der Waals surface area contributed by atoms with Crippen LogP contribution >= 0.6 is 0 Å². The van der Waals surface area contributed by atoms with Crippen LogP contribution in [0.4, 0.5) is 5.69 Å². The Bertz CT molecular complexity index is 3040. The molecule has 1 aliphatic heterocycles. The smallest absolute Gasteiger partial charge is 0.268 e. The fraction of sp³-hybridized carbons (Fsp3) is 0. The summed E-state index contributed by atoms with van der Waals surface area (Å²) in [6.45, 7) is 0. The lowest BCUT2D eigenvalue weighted by Crippen LogP contribution is -2.29. The molecule has 2 amide bonds. The van der Waals surface area contributed by atoms with Crippen molar-refractivity contribution in [2.45, 2.75) is 0 Å². The number of hydrogen-bond donors (Lipinski definition) is 0. The van der Waals surface area contributed by atoms with Gasteiger partial charge in [-0.05, 0) is 59.7 Å². The normalized spacial score (nSPS) is 11.9. The van der Waals surface area contributed by atoms with Gasteiger partial charge in [0.25, 0.3) is 11.8 Å². The van der Waals surface area contributed by atoms with Gasteiger partial charge in [0.2, 0.25) is 0 Å². The van der Waals surface area contributed by atoms with Crippen LogP contribution in [-0.4, -0.2) is 16.4 Å². The molecule has 0 N–H and O–H groups in total. The second-order valence-electron chi connectivity index (χ2n) is 13.3. The van der Waals surface area contributed by atoms with Crippen LogP contribution in [-0.2, 0) is 0 Å². The van der Waals surface area contributed by atoms with Crippen molar-refractivity contribution in [1.29, 1.82) is 21.0 Å². The van der Waals surface area contributed by atoms with E-state index in [9.17, 15) is 30.6 Å². The van der Waals surface area contributed by atoms with Gasteiger partial charge in [-0.25, -0.2) is 4.90 Å². The van der Waals surface area contributed by atoms with Gasteiger partial charge in [0.15, 0.2) is 0 Å². The Morgan fingerprint density at radius 3 is 1.48 bits per heavy atom. The van der Waals surface area contributed by atoms with Crippen molar-refractivity contribution in [3.8, 4) is 63.3 Å². The Morgan fingerprint density at radius 2 is 0.946 bits per heavy atom. The molecular formula is C48H24N6O2. The molecule has 0 aliphatic carbocycles. The molecule has 0 bridgehead atoms. The summed E-state index contributed by atoms with van der Waals surface area (Å²) in [6, 6.07) is 52.4. The first-order valence-electron chi connectivity index (χ1n) is 17.6. The zero-order valence-corrected chi connectivity index (χ0v) is 29.4. The van der Waals surface area contributed by atoms with E-state index in [0.29, 0.717) is 66.9 Å². The first-order valence-corrected chi connectivity index (χ1v) is 17.6. The maximum atomic E-state index is 14.7. The minimum absolute atomic E-state index is 0.203. The molecule has 2 heterocycles. The highest BCUT2D eigenvalue weighted by atomic mass is 16.2. The highest BCUT2D eigenvalue weighted by Crippen LogP contribution is 2.45. The second kappa shape index (κ2) is 13.1. The van der Waals surface area contributed by atoms with Gasteiger partial charge in [0.1, 0.15) is 0 Å². The van der Waals surface area contributed by atoms with E-state index in [1.54, 1.807) is 66.7 Å². The van der Waals surface area contributed by atoms with E-state index in [2.05, 4.69) is 24.3 Å². The van der Waals surface area contributed by atoms with Gasteiger partial charge in [-0.1, -0.05) is 97.1 Å². The number of anilines is 1. The number of carbonyl (C=O) groups is 2. The quantitative estimate of drug-likeness (QED) is 0.163. The van der Waals surface area contributed by atoms with Crippen LogP contribution in [0.15, 0.2) is 146 Å². The molecule has 8 nitrogen and oxygen atoms in total. The highest BCUT2D eigenvalue weighted by Gasteiger charge is 2.39. The van der Waals surface area contributed by atoms with Crippen molar-refractivity contribution in [2.75, 3.05) is 4.90 Å². The van der Waals surface area contributed by atoms with Crippen LogP contribution in [0.1, 0.15) is 43.0 Å². The monoisotopic (exact) mass is 716 g/mol. The molecule has 0 radical (unpaired) electrons. The zero-order chi connectivity index (χ0) is 38.5. The molecule has 0 fully saturated rings. The van der Waals surface area contributed by atoms with Crippen molar-refractivity contribution in [3.05, 3.63) is 179 Å². The third kappa shape index (κ3) is 5.04. The molecule has 0 unspecified atom stereocenters. The Labute approximate surface area is 320 Å². The predicted octanol–water partition coefficient (Wildman–Crippen LogP) is 10.1. The summed E-state index contributed by atoms with van der Waals surface area (Å²) in [5.74, 6) is -0.955. The minimum atomic E-state index is -0.495. The number of fused-ring (bicyclic) bond motifs is 4. The first kappa shape index (κ1) is 33.3. The van der Waals surface area contributed by atoms with Crippen LogP contribution in [0.2, 0.25) is 0 Å². The summed E-state index contributed by atoms with van der Waals surface area (Å²) in [5.41, 5.74) is 8.30. The van der Waals surface area contributed by atoms with Crippen LogP contribution in [0.25, 0.3) is 60.9 Å². The predicted molar refractivity (Wildman–Crippen MR) is 214 cm³/mol. The summed E-state index contributed by atoms with van der Waals surface area (Å²) in [4.78, 5) is 30.2. The van der Waals surface area contributed by atoms with Crippen molar-refractivity contribution in [1.82, 2.24) is 4.57 Å². The summed E-state index contributed by atoms with van der Waals surface area (Å²) in [5, 5.41) is 41.4. The summed E-state index contributed by atoms with van der Waals surface area (Å²) in [6.07, 6.45) is 0. The number of hydrogen-bond acceptors (Lipinski definition) is 6. The third-order valence-corrected chi connectivity index (χ3v) is 10.3. The molecule has 1 aliphatic rings. The molecule has 7 aromatic carbocycles. The van der Waals surface area contributed by atoms with Gasteiger partial charge < -0.3 is 4.57 Å². The fourth-order valence-electron chi connectivity index (χ4n) is 7.80. The lowest BCUT2D eigenvalue weighted by Gasteiger charge is -2.17. The number of rotatable bonds is 5. The molecule has 1 aromatic heterocycles. The summed E-state index contributed by atoms with van der Waals surface area (Å²) in [7, 11) is 0. The topological polar surface area (TPSA) is 137 Å². The third-order valence-electron chi connectivity index (χ3n) is 10.3. The second-order valence-corrected chi connectivity index (χ2v) is 13.3. The Balaban J connectivity index is 1.34. The molecule has 258 valence electrons. The van der Waals surface area contributed by atoms with Crippen molar-refractivity contribution in [2.24, 2.45) is 0 Å². The lowest BCUT2D eigenvalue weighted by atomic mass is 9.95. The van der Waals surface area contributed by atoms with Crippen LogP contribution in [0.3, 0.4) is 0 Å². The molecule has 0 saturated carbocycles. The standard InChI is InChI=1S/C48H24N6O2/c49-25-29-15-21-36(33(23-29)27-51)38-9-4-11-40-41-12-5-10-39(37-22-16-30(26-50)24-34(37)28-52)46(41)54(45(38)40)43-14-6-13-42-44(43)48(56)53(47(42)55)35-19-17-32(18-20-35)31-7-2-1-3-8-31/h1-24H. The maximum Gasteiger partial charge on any atom is 0.268 e. The first-order chi connectivity index (χ1) is 27.4. The Morgan fingerprint density at radius 1 is 0.429 bits per heavy atom. The molecule has 0 spiro atoms. The van der Waals surface area contributed by atoms with Crippen LogP contribution in [0.5, 0.6) is 0 Å². The average molecular weight is 717 g/mol. The molecule has 8 heteroatoms. The largest absolute Gasteiger partial charge is 0.307 e. The summed E-state index contributed by atoms with van der Waals surface area (Å²) >= 11 is 0. The minimum Gasteiger partial charge on any atom is -0.307 e. The number of nitrogens with zero attached hydrogens (tertiary/aromatic N) is 6. The Hall–Kier alpha value is -8.56. The molecule has 56 heavy (non-hydrogen) atoms. The Kier molecular flexibility index (Phi) is 7.81. The van der Waals surface area contributed by atoms with Crippen molar-refractivity contribution >= 4 is 39.3 Å². The van der Waals surface area contributed by atoms with E-state index in [1.807, 2.05) is 83.4 Å².